The van der Waals surface area contributed by atoms with Crippen molar-refractivity contribution in [3.8, 4) is 11.1 Å². The van der Waals surface area contributed by atoms with E-state index in [2.05, 4.69) is 31.0 Å². The first-order valence-electron chi connectivity index (χ1n) is 15.4. The van der Waals surface area contributed by atoms with Crippen LogP contribution in [0.5, 0.6) is 0 Å². The minimum Gasteiger partial charge on any atom is -0.395 e. The number of carbonyl (C=O) groups excluding carboxylic acids is 2. The molecule has 0 radical (unpaired) electrons. The first-order chi connectivity index (χ1) is 20.9. The van der Waals surface area contributed by atoms with Crippen LogP contribution in [0.15, 0.2) is 83.4 Å². The van der Waals surface area contributed by atoms with Crippen LogP contribution in [-0.2, 0) is 10.2 Å². The summed E-state index contributed by atoms with van der Waals surface area (Å²) in [6, 6.07) is 23.8. The van der Waals surface area contributed by atoms with Crippen LogP contribution < -0.4 is 5.73 Å². The number of aliphatic hydroxyl groups is 1. The molecule has 43 heavy (non-hydrogen) atoms. The van der Waals surface area contributed by atoms with Gasteiger partial charge in [-0.3, -0.25) is 9.59 Å². The average Bonchev–Trinajstić information content (AvgIpc) is 3.22. The highest BCUT2D eigenvalue weighted by molar-refractivity contribution is 6.05. The Balaban J connectivity index is 1.30. The maximum atomic E-state index is 13.4. The van der Waals surface area contributed by atoms with Gasteiger partial charge in [0, 0.05) is 54.7 Å². The van der Waals surface area contributed by atoms with E-state index >= 15 is 0 Å². The van der Waals surface area contributed by atoms with Crippen molar-refractivity contribution in [2.24, 2.45) is 10.7 Å². The molecule has 0 saturated carbocycles. The number of amides is 2. The van der Waals surface area contributed by atoms with Crippen molar-refractivity contribution in [1.29, 1.82) is 0 Å². The Labute approximate surface area is 254 Å². The predicted molar refractivity (Wildman–Crippen MR) is 173 cm³/mol. The van der Waals surface area contributed by atoms with Crippen LogP contribution in [0.4, 0.5) is 5.69 Å². The molecule has 7 nitrogen and oxygen atoms in total. The zero-order valence-electron chi connectivity index (χ0n) is 25.3. The third kappa shape index (κ3) is 6.57. The van der Waals surface area contributed by atoms with E-state index in [1.54, 1.807) is 0 Å². The van der Waals surface area contributed by atoms with E-state index in [4.69, 9.17) is 5.73 Å². The van der Waals surface area contributed by atoms with E-state index in [1.807, 2.05) is 76.5 Å². The molecule has 3 aromatic carbocycles. The highest BCUT2D eigenvalue weighted by atomic mass is 16.3. The molecule has 1 saturated heterocycles. The molecular weight excluding hydrogens is 536 g/mol. The van der Waals surface area contributed by atoms with Gasteiger partial charge in [0.15, 0.2) is 0 Å². The lowest BCUT2D eigenvalue weighted by Crippen LogP contribution is -2.46. The summed E-state index contributed by atoms with van der Waals surface area (Å²) >= 11 is 0. The van der Waals surface area contributed by atoms with Crippen LogP contribution >= 0.6 is 0 Å². The molecule has 2 aliphatic rings. The van der Waals surface area contributed by atoms with Gasteiger partial charge in [-0.2, -0.15) is 0 Å². The van der Waals surface area contributed by atoms with Gasteiger partial charge in [-0.1, -0.05) is 68.4 Å². The smallest absolute Gasteiger partial charge is 0.253 e. The Morgan fingerprint density at radius 1 is 0.930 bits per heavy atom. The van der Waals surface area contributed by atoms with E-state index in [0.717, 1.165) is 66.7 Å². The Morgan fingerprint density at radius 2 is 1.58 bits per heavy atom. The van der Waals surface area contributed by atoms with Gasteiger partial charge in [0.25, 0.3) is 5.91 Å². The number of nitrogens with zero attached hydrogens (tertiary/aromatic N) is 3. The first-order valence-corrected chi connectivity index (χ1v) is 15.4. The predicted octanol–water partition coefficient (Wildman–Crippen LogP) is 5.94. The molecular formula is C36H42N4O3. The molecule has 2 heterocycles. The fraction of sp³-hybridized carbons (Fsp3) is 0.361. The number of carbonyl (C=O) groups is 2. The van der Waals surface area contributed by atoms with Crippen molar-refractivity contribution in [1.82, 2.24) is 9.80 Å². The van der Waals surface area contributed by atoms with Crippen molar-refractivity contribution < 1.29 is 14.7 Å². The Morgan fingerprint density at radius 3 is 2.21 bits per heavy atom. The van der Waals surface area contributed by atoms with E-state index in [9.17, 15) is 14.7 Å². The summed E-state index contributed by atoms with van der Waals surface area (Å²) in [7, 11) is 0. The van der Waals surface area contributed by atoms with E-state index in [0.29, 0.717) is 36.5 Å². The third-order valence-corrected chi connectivity index (χ3v) is 8.71. The molecule has 0 spiro atoms. The lowest BCUT2D eigenvalue weighted by atomic mass is 9.73. The molecule has 224 valence electrons. The zero-order valence-corrected chi connectivity index (χ0v) is 25.3. The van der Waals surface area contributed by atoms with Crippen molar-refractivity contribution in [2.75, 3.05) is 32.8 Å². The van der Waals surface area contributed by atoms with Gasteiger partial charge in [-0.25, -0.2) is 4.99 Å². The molecule has 1 fully saturated rings. The van der Waals surface area contributed by atoms with Gasteiger partial charge in [0.1, 0.15) is 5.84 Å². The summed E-state index contributed by atoms with van der Waals surface area (Å²) in [5, 5.41) is 10.2. The van der Waals surface area contributed by atoms with Crippen LogP contribution in [0.3, 0.4) is 0 Å². The van der Waals surface area contributed by atoms with Crippen LogP contribution in [0, 0.1) is 0 Å². The summed E-state index contributed by atoms with van der Waals surface area (Å²) in [6.45, 7) is 6.89. The molecule has 0 atom stereocenters. The van der Waals surface area contributed by atoms with Crippen LogP contribution in [-0.4, -0.2) is 65.3 Å². The monoisotopic (exact) mass is 578 g/mol. The number of likely N-dealkylation sites (tertiary alicyclic amines) is 1. The van der Waals surface area contributed by atoms with Crippen molar-refractivity contribution >= 4 is 29.4 Å². The quantitative estimate of drug-likeness (QED) is 0.328. The maximum Gasteiger partial charge on any atom is 0.253 e. The molecule has 2 amide bonds. The molecule has 7 heteroatoms. The standard InChI is InChI=1S/C36H42N4O3/c1-3-18-39(19-4-2)35(43)30-22-29-15-14-28(23-32(29)38-33(37)24-30)26-10-12-27(13-11-26)34(42)40-20-16-36(25-41,17-21-40)31-8-6-5-7-9-31/h5-15,22-23,41H,3-4,16-21,24-25H2,1-2H3,(H2,37,38). The second-order valence-corrected chi connectivity index (χ2v) is 11.7. The Hall–Kier alpha value is -4.23. The summed E-state index contributed by atoms with van der Waals surface area (Å²) in [6.07, 6.45) is 5.52. The highest BCUT2D eigenvalue weighted by Crippen LogP contribution is 2.36. The molecule has 3 aromatic rings. The van der Waals surface area contributed by atoms with Crippen LogP contribution in [0.25, 0.3) is 17.2 Å². The van der Waals surface area contributed by atoms with Gasteiger partial charge in [0.2, 0.25) is 5.91 Å². The number of aliphatic imine (C=N–C) groups is 1. The second-order valence-electron chi connectivity index (χ2n) is 11.7. The van der Waals surface area contributed by atoms with Gasteiger partial charge in [-0.05, 0) is 66.6 Å². The average molecular weight is 579 g/mol. The van der Waals surface area contributed by atoms with Gasteiger partial charge in [0.05, 0.1) is 12.3 Å². The SMILES string of the molecule is CCCN(CCC)C(=O)C1=Cc2ccc(-c3ccc(C(=O)N4CCC(CO)(c5ccccc5)CC4)cc3)cc2N=C(N)C1. The minimum absolute atomic E-state index is 0.00739. The number of fused-ring (bicyclic) bond motifs is 1. The number of hydrogen-bond acceptors (Lipinski definition) is 5. The van der Waals surface area contributed by atoms with E-state index in [1.165, 1.54) is 0 Å². The number of hydrogen-bond donors (Lipinski definition) is 2. The number of aliphatic hydroxyl groups excluding tert-OH is 1. The summed E-state index contributed by atoms with van der Waals surface area (Å²) < 4.78 is 0. The summed E-state index contributed by atoms with van der Waals surface area (Å²) in [5.74, 6) is 0.450. The lowest BCUT2D eigenvalue weighted by Gasteiger charge is -2.41. The van der Waals surface area contributed by atoms with Crippen molar-refractivity contribution in [2.45, 2.75) is 51.4 Å². The van der Waals surface area contributed by atoms with Gasteiger partial charge >= 0.3 is 0 Å². The number of piperidine rings is 1. The Bertz CT molecular complexity index is 1500. The van der Waals surface area contributed by atoms with Gasteiger partial charge < -0.3 is 20.6 Å². The summed E-state index contributed by atoms with van der Waals surface area (Å²) in [4.78, 5) is 35.1. The fourth-order valence-electron chi connectivity index (χ4n) is 6.22. The summed E-state index contributed by atoms with van der Waals surface area (Å²) in [5.41, 5.74) is 12.0. The van der Waals surface area contributed by atoms with E-state index in [-0.39, 0.29) is 23.8 Å². The topological polar surface area (TPSA) is 99.2 Å². The Kier molecular flexibility index (Phi) is 9.41. The number of rotatable bonds is 9. The molecule has 0 unspecified atom stereocenters. The first kappa shape index (κ1) is 30.2. The molecule has 0 aliphatic carbocycles. The number of amidine groups is 1. The number of benzene rings is 3. The zero-order chi connectivity index (χ0) is 30.4. The molecule has 0 bridgehead atoms. The van der Waals surface area contributed by atoms with Gasteiger partial charge in [-0.15, -0.1) is 0 Å². The fourth-order valence-corrected chi connectivity index (χ4v) is 6.22. The molecule has 0 aromatic heterocycles. The van der Waals surface area contributed by atoms with Crippen molar-refractivity contribution in [3.63, 3.8) is 0 Å². The molecule has 5 rings (SSSR count). The third-order valence-electron chi connectivity index (χ3n) is 8.71. The second kappa shape index (κ2) is 13.4. The largest absolute Gasteiger partial charge is 0.395 e. The van der Waals surface area contributed by atoms with Crippen LogP contribution in [0.1, 0.15) is 67.4 Å². The normalized spacial score (nSPS) is 16.0. The van der Waals surface area contributed by atoms with E-state index < -0.39 is 0 Å². The molecule has 3 N–H and O–H groups in total. The maximum absolute atomic E-state index is 13.4. The van der Waals surface area contributed by atoms with Crippen molar-refractivity contribution in [3.05, 3.63) is 95.1 Å². The number of nitrogens with two attached hydrogens (primary N) is 1. The highest BCUT2D eigenvalue weighted by Gasteiger charge is 2.37. The minimum atomic E-state index is -0.299. The molecule has 2 aliphatic heterocycles. The van der Waals surface area contributed by atoms with Crippen LogP contribution in [0.2, 0.25) is 0 Å². The lowest BCUT2D eigenvalue weighted by molar-refractivity contribution is -0.127.